The molecule has 1 aliphatic carbocycles. The van der Waals surface area contributed by atoms with Crippen LogP contribution in [0, 0.1) is 5.92 Å². The van der Waals surface area contributed by atoms with Gasteiger partial charge < -0.3 is 5.32 Å². The van der Waals surface area contributed by atoms with Crippen molar-refractivity contribution in [1.29, 1.82) is 0 Å². The number of H-pyrrole nitrogens is 1. The number of tetrazole rings is 1. The molecule has 0 saturated heterocycles. The molecule has 6 nitrogen and oxygen atoms in total. The van der Waals surface area contributed by atoms with Crippen LogP contribution >= 0.6 is 11.6 Å². The van der Waals surface area contributed by atoms with Gasteiger partial charge in [0.15, 0.2) is 0 Å². The van der Waals surface area contributed by atoms with E-state index in [0.29, 0.717) is 22.1 Å². The Balaban J connectivity index is 1.84. The van der Waals surface area contributed by atoms with Crippen LogP contribution in [0.4, 0.5) is 5.69 Å². The molecule has 1 fully saturated rings. The van der Waals surface area contributed by atoms with E-state index in [1.54, 1.807) is 18.2 Å². The summed E-state index contributed by atoms with van der Waals surface area (Å²) in [5, 5.41) is 17.4. The Morgan fingerprint density at radius 3 is 2.81 bits per heavy atom. The van der Waals surface area contributed by atoms with Gasteiger partial charge in [0.05, 0.1) is 5.69 Å². The summed E-state index contributed by atoms with van der Waals surface area (Å²) in [6, 6.07) is 5.24. The van der Waals surface area contributed by atoms with Gasteiger partial charge >= 0.3 is 0 Å². The minimum Gasteiger partial charge on any atom is -0.325 e. The molecule has 0 bridgehead atoms. The van der Waals surface area contributed by atoms with Gasteiger partial charge in [-0.05, 0) is 36.3 Å². The third-order valence-corrected chi connectivity index (χ3v) is 4.04. The van der Waals surface area contributed by atoms with Crippen molar-refractivity contribution in [2.75, 3.05) is 5.32 Å². The second-order valence-electron chi connectivity index (χ2n) is 5.25. The average molecular weight is 306 g/mol. The number of nitrogens with zero attached hydrogens (tertiary/aromatic N) is 3. The maximum absolute atomic E-state index is 12.4. The quantitative estimate of drug-likeness (QED) is 0.913. The number of carbonyl (C=O) groups excluding carboxylic acids is 1. The lowest BCUT2D eigenvalue weighted by atomic mass is 9.88. The number of aromatic amines is 1. The van der Waals surface area contributed by atoms with E-state index in [1.807, 2.05) is 0 Å². The molecule has 110 valence electrons. The van der Waals surface area contributed by atoms with Crippen LogP contribution in [0.1, 0.15) is 32.1 Å². The number of carbonyl (C=O) groups is 1. The molecule has 1 aromatic heterocycles. The van der Waals surface area contributed by atoms with Crippen LogP contribution < -0.4 is 5.32 Å². The second kappa shape index (κ2) is 6.22. The summed E-state index contributed by atoms with van der Waals surface area (Å²) in [6.07, 6.45) is 5.35. The summed E-state index contributed by atoms with van der Waals surface area (Å²) in [7, 11) is 0. The van der Waals surface area contributed by atoms with Gasteiger partial charge in [-0.15, -0.1) is 10.2 Å². The van der Waals surface area contributed by atoms with Gasteiger partial charge in [0.2, 0.25) is 11.7 Å². The first-order valence-electron chi connectivity index (χ1n) is 7.08. The fourth-order valence-electron chi connectivity index (χ4n) is 2.69. The van der Waals surface area contributed by atoms with Crippen molar-refractivity contribution in [3.05, 3.63) is 23.2 Å². The first kappa shape index (κ1) is 14.0. The molecule has 21 heavy (non-hydrogen) atoms. The van der Waals surface area contributed by atoms with Gasteiger partial charge in [-0.3, -0.25) is 4.79 Å². The molecule has 2 N–H and O–H groups in total. The highest BCUT2D eigenvalue weighted by Gasteiger charge is 2.22. The van der Waals surface area contributed by atoms with Crippen LogP contribution in [0.25, 0.3) is 11.4 Å². The summed E-state index contributed by atoms with van der Waals surface area (Å²) >= 11 is 6.03. The molecule has 1 heterocycles. The topological polar surface area (TPSA) is 83.6 Å². The van der Waals surface area contributed by atoms with Crippen molar-refractivity contribution >= 4 is 23.2 Å². The summed E-state index contributed by atoms with van der Waals surface area (Å²) in [5.74, 6) is 0.558. The maximum atomic E-state index is 12.4. The first-order valence-corrected chi connectivity index (χ1v) is 7.46. The van der Waals surface area contributed by atoms with Crippen LogP contribution in [0.3, 0.4) is 0 Å². The number of rotatable bonds is 3. The Hall–Kier alpha value is -1.95. The highest BCUT2D eigenvalue weighted by atomic mass is 35.5. The van der Waals surface area contributed by atoms with Gasteiger partial charge in [-0.2, -0.15) is 5.21 Å². The number of hydrogen-bond donors (Lipinski definition) is 2. The van der Waals surface area contributed by atoms with E-state index in [4.69, 9.17) is 11.6 Å². The Bertz CT molecular complexity index is 622. The van der Waals surface area contributed by atoms with E-state index in [2.05, 4.69) is 25.9 Å². The lowest BCUT2D eigenvalue weighted by Crippen LogP contribution is -2.25. The predicted molar refractivity (Wildman–Crippen MR) is 79.8 cm³/mol. The van der Waals surface area contributed by atoms with Crippen LogP contribution in [-0.2, 0) is 4.79 Å². The van der Waals surface area contributed by atoms with E-state index in [1.165, 1.54) is 6.42 Å². The number of amides is 1. The molecule has 1 aliphatic rings. The molecule has 7 heteroatoms. The summed E-state index contributed by atoms with van der Waals surface area (Å²) in [5.41, 5.74) is 1.33. The number of halogens is 1. The molecule has 1 amide bonds. The van der Waals surface area contributed by atoms with Crippen LogP contribution in [0.5, 0.6) is 0 Å². The smallest absolute Gasteiger partial charge is 0.227 e. The predicted octanol–water partition coefficient (Wildman–Crippen LogP) is 3.04. The summed E-state index contributed by atoms with van der Waals surface area (Å²) in [6.45, 7) is 0. The molecule has 3 rings (SSSR count). The van der Waals surface area contributed by atoms with Gasteiger partial charge in [0.1, 0.15) is 0 Å². The monoisotopic (exact) mass is 305 g/mol. The highest BCUT2D eigenvalue weighted by molar-refractivity contribution is 6.31. The van der Waals surface area contributed by atoms with Crippen LogP contribution in [0.2, 0.25) is 5.02 Å². The van der Waals surface area contributed by atoms with E-state index >= 15 is 0 Å². The Morgan fingerprint density at radius 1 is 1.29 bits per heavy atom. The molecule has 0 radical (unpaired) electrons. The number of hydrogen-bond acceptors (Lipinski definition) is 4. The maximum Gasteiger partial charge on any atom is 0.227 e. The zero-order valence-corrected chi connectivity index (χ0v) is 12.2. The van der Waals surface area contributed by atoms with E-state index in [0.717, 1.165) is 25.7 Å². The van der Waals surface area contributed by atoms with Crippen LogP contribution in [0.15, 0.2) is 18.2 Å². The normalized spacial score (nSPS) is 15.9. The molecule has 2 aromatic rings. The van der Waals surface area contributed by atoms with Crippen molar-refractivity contribution in [1.82, 2.24) is 20.6 Å². The fraction of sp³-hybridized carbons (Fsp3) is 0.429. The Kier molecular flexibility index (Phi) is 4.15. The number of aromatic nitrogens is 4. The second-order valence-corrected chi connectivity index (χ2v) is 5.69. The lowest BCUT2D eigenvalue weighted by Gasteiger charge is -2.21. The van der Waals surface area contributed by atoms with Gasteiger partial charge in [-0.25, -0.2) is 0 Å². The lowest BCUT2D eigenvalue weighted by molar-refractivity contribution is -0.120. The number of benzene rings is 1. The van der Waals surface area contributed by atoms with Crippen molar-refractivity contribution < 1.29 is 4.79 Å². The van der Waals surface area contributed by atoms with Crippen molar-refractivity contribution in [3.63, 3.8) is 0 Å². The fourth-order valence-corrected chi connectivity index (χ4v) is 2.86. The molecule has 0 aliphatic heterocycles. The summed E-state index contributed by atoms with van der Waals surface area (Å²) in [4.78, 5) is 12.4. The molecular formula is C14H16ClN5O. The first-order chi connectivity index (χ1) is 10.2. The minimum atomic E-state index is 0.0433. The zero-order valence-electron chi connectivity index (χ0n) is 11.5. The zero-order chi connectivity index (χ0) is 14.7. The average Bonchev–Trinajstić information content (AvgIpc) is 3.02. The largest absolute Gasteiger partial charge is 0.325 e. The molecular weight excluding hydrogens is 290 g/mol. The molecule has 1 saturated carbocycles. The van der Waals surface area contributed by atoms with Crippen LogP contribution in [-0.4, -0.2) is 26.5 Å². The number of anilines is 1. The Labute approximate surface area is 127 Å². The SMILES string of the molecule is O=C(Nc1cc(Cl)ccc1-c1nn[nH]n1)C1CCCCC1. The molecule has 1 aromatic carbocycles. The Morgan fingerprint density at radius 2 is 2.10 bits per heavy atom. The van der Waals surface area contributed by atoms with Crippen molar-refractivity contribution in [2.24, 2.45) is 5.92 Å². The van der Waals surface area contributed by atoms with Gasteiger partial charge in [0.25, 0.3) is 0 Å². The van der Waals surface area contributed by atoms with E-state index in [-0.39, 0.29) is 11.8 Å². The van der Waals surface area contributed by atoms with Crippen molar-refractivity contribution in [3.8, 4) is 11.4 Å². The van der Waals surface area contributed by atoms with Gasteiger partial charge in [-0.1, -0.05) is 30.9 Å². The van der Waals surface area contributed by atoms with E-state index in [9.17, 15) is 4.79 Å². The third-order valence-electron chi connectivity index (χ3n) is 3.80. The van der Waals surface area contributed by atoms with Crippen molar-refractivity contribution in [2.45, 2.75) is 32.1 Å². The number of nitrogens with one attached hydrogen (secondary N) is 2. The van der Waals surface area contributed by atoms with E-state index < -0.39 is 0 Å². The molecule has 0 atom stereocenters. The molecule has 0 spiro atoms. The standard InChI is InChI=1S/C14H16ClN5O/c15-10-6-7-11(13-17-19-20-18-13)12(8-10)16-14(21)9-4-2-1-3-5-9/h6-9H,1-5H2,(H,16,21)(H,17,18,19,20). The molecule has 0 unspecified atom stereocenters. The van der Waals surface area contributed by atoms with Gasteiger partial charge in [0, 0.05) is 16.5 Å². The summed E-state index contributed by atoms with van der Waals surface area (Å²) < 4.78 is 0. The third kappa shape index (κ3) is 3.21. The highest BCUT2D eigenvalue weighted by Crippen LogP contribution is 2.30. The minimum absolute atomic E-state index is 0.0433.